The van der Waals surface area contributed by atoms with Crippen LogP contribution < -0.4 is 0 Å². The molecule has 0 aromatic heterocycles. The van der Waals surface area contributed by atoms with Crippen molar-refractivity contribution in [2.75, 3.05) is 14.1 Å². The van der Waals surface area contributed by atoms with Crippen LogP contribution in [0.1, 0.15) is 15.9 Å². The Morgan fingerprint density at radius 3 is 2.56 bits per heavy atom. The summed E-state index contributed by atoms with van der Waals surface area (Å²) >= 11 is 0. The number of nitro benzene ring substituents is 1. The molecular formula is C11H12N2O3. The molecule has 0 N–H and O–H groups in total. The average molecular weight is 220 g/mol. The van der Waals surface area contributed by atoms with Gasteiger partial charge in [-0.25, -0.2) is 0 Å². The number of hydrogen-bond acceptors (Lipinski definition) is 4. The van der Waals surface area contributed by atoms with Crippen molar-refractivity contribution in [3.05, 3.63) is 45.6 Å². The zero-order chi connectivity index (χ0) is 12.1. The maximum absolute atomic E-state index is 10.8. The van der Waals surface area contributed by atoms with Gasteiger partial charge in [0.15, 0.2) is 0 Å². The Morgan fingerprint density at radius 1 is 1.38 bits per heavy atom. The van der Waals surface area contributed by atoms with Gasteiger partial charge in [-0.3, -0.25) is 14.9 Å². The van der Waals surface area contributed by atoms with E-state index in [1.165, 1.54) is 6.07 Å². The molecule has 0 amide bonds. The monoisotopic (exact) mass is 220 g/mol. The molecular weight excluding hydrogens is 208 g/mol. The lowest BCUT2D eigenvalue weighted by atomic mass is 10.1. The van der Waals surface area contributed by atoms with Gasteiger partial charge >= 0.3 is 0 Å². The minimum Gasteiger partial charge on any atom is -0.383 e. The number of hydrogen-bond donors (Lipinski definition) is 0. The molecule has 0 unspecified atom stereocenters. The third-order valence-corrected chi connectivity index (χ3v) is 1.94. The molecule has 5 heteroatoms. The second kappa shape index (κ2) is 5.06. The van der Waals surface area contributed by atoms with Crippen LogP contribution in [0.3, 0.4) is 0 Å². The van der Waals surface area contributed by atoms with E-state index in [9.17, 15) is 14.9 Å². The minimum absolute atomic E-state index is 0.0669. The summed E-state index contributed by atoms with van der Waals surface area (Å²) in [7, 11) is 3.64. The van der Waals surface area contributed by atoms with E-state index in [-0.39, 0.29) is 5.69 Å². The Kier molecular flexibility index (Phi) is 3.77. The molecule has 0 aliphatic rings. The number of aldehydes is 1. The smallest absolute Gasteiger partial charge is 0.277 e. The molecule has 0 bridgehead atoms. The minimum atomic E-state index is -0.498. The summed E-state index contributed by atoms with van der Waals surface area (Å²) in [6, 6.07) is 4.37. The number of carbonyl (C=O) groups is 1. The fourth-order valence-electron chi connectivity index (χ4n) is 1.16. The summed E-state index contributed by atoms with van der Waals surface area (Å²) in [5, 5.41) is 10.8. The van der Waals surface area contributed by atoms with Crippen LogP contribution in [0, 0.1) is 10.1 Å². The van der Waals surface area contributed by atoms with E-state index in [0.717, 1.165) is 0 Å². The van der Waals surface area contributed by atoms with Gasteiger partial charge in [0.2, 0.25) is 0 Å². The molecule has 1 aromatic carbocycles. The van der Waals surface area contributed by atoms with Crippen LogP contribution >= 0.6 is 0 Å². The number of nitro groups is 1. The molecule has 0 radical (unpaired) electrons. The van der Waals surface area contributed by atoms with Crippen molar-refractivity contribution in [2.45, 2.75) is 0 Å². The summed E-state index contributed by atoms with van der Waals surface area (Å²) in [5.74, 6) is 0. The van der Waals surface area contributed by atoms with Gasteiger partial charge in [0, 0.05) is 25.7 Å². The van der Waals surface area contributed by atoms with Crippen LogP contribution in [-0.2, 0) is 0 Å². The van der Waals surface area contributed by atoms with Crippen LogP contribution in [0.15, 0.2) is 24.4 Å². The highest BCUT2D eigenvalue weighted by Crippen LogP contribution is 2.21. The summed E-state index contributed by atoms with van der Waals surface area (Å²) < 4.78 is 0. The highest BCUT2D eigenvalue weighted by Gasteiger charge is 2.12. The van der Waals surface area contributed by atoms with Crippen molar-refractivity contribution in [3.63, 3.8) is 0 Å². The number of nitrogens with zero attached hydrogens (tertiary/aromatic N) is 2. The van der Waals surface area contributed by atoms with Gasteiger partial charge in [-0.2, -0.15) is 0 Å². The normalized spacial score (nSPS) is 10.4. The maximum Gasteiger partial charge on any atom is 0.277 e. The molecule has 16 heavy (non-hydrogen) atoms. The fraction of sp³-hybridized carbons (Fsp3) is 0.182. The van der Waals surface area contributed by atoms with Gasteiger partial charge in [-0.1, -0.05) is 6.07 Å². The largest absolute Gasteiger partial charge is 0.383 e. The van der Waals surface area contributed by atoms with E-state index in [1.54, 1.807) is 29.3 Å². The molecule has 84 valence electrons. The van der Waals surface area contributed by atoms with Crippen LogP contribution in [0.25, 0.3) is 6.08 Å². The van der Waals surface area contributed by atoms with Gasteiger partial charge in [0.05, 0.1) is 10.5 Å². The SMILES string of the molecule is CN(C)/C=C/c1ccc(C=O)cc1[N+](=O)[O-]. The van der Waals surface area contributed by atoms with Crippen molar-refractivity contribution in [3.8, 4) is 0 Å². The van der Waals surface area contributed by atoms with E-state index < -0.39 is 4.92 Å². The molecule has 1 rings (SSSR count). The summed E-state index contributed by atoms with van der Waals surface area (Å²) in [6.45, 7) is 0. The van der Waals surface area contributed by atoms with Crippen LogP contribution in [0.2, 0.25) is 0 Å². The Balaban J connectivity index is 3.18. The van der Waals surface area contributed by atoms with Crippen molar-refractivity contribution in [2.24, 2.45) is 0 Å². The molecule has 0 aliphatic heterocycles. The van der Waals surface area contributed by atoms with E-state index in [4.69, 9.17) is 0 Å². The predicted molar refractivity (Wildman–Crippen MR) is 61.2 cm³/mol. The second-order valence-corrected chi connectivity index (χ2v) is 3.47. The zero-order valence-electron chi connectivity index (χ0n) is 9.08. The first kappa shape index (κ1) is 11.9. The van der Waals surface area contributed by atoms with Crippen molar-refractivity contribution >= 4 is 18.0 Å². The number of rotatable bonds is 4. The topological polar surface area (TPSA) is 63.5 Å². The van der Waals surface area contributed by atoms with E-state index >= 15 is 0 Å². The average Bonchev–Trinajstić information content (AvgIpc) is 2.25. The predicted octanol–water partition coefficient (Wildman–Crippen LogP) is 1.94. The molecule has 5 nitrogen and oxygen atoms in total. The summed E-state index contributed by atoms with van der Waals surface area (Å²) in [4.78, 5) is 22.6. The van der Waals surface area contributed by atoms with Gasteiger partial charge in [0.1, 0.15) is 6.29 Å². The van der Waals surface area contributed by atoms with Gasteiger partial charge in [-0.05, 0) is 18.3 Å². The number of benzene rings is 1. The first-order valence-corrected chi connectivity index (χ1v) is 4.63. The molecule has 0 fully saturated rings. The van der Waals surface area contributed by atoms with E-state index in [0.29, 0.717) is 17.4 Å². The molecule has 0 spiro atoms. The molecule has 1 aromatic rings. The summed E-state index contributed by atoms with van der Waals surface area (Å²) in [5.41, 5.74) is 0.709. The highest BCUT2D eigenvalue weighted by molar-refractivity contribution is 5.78. The van der Waals surface area contributed by atoms with Gasteiger partial charge in [-0.15, -0.1) is 0 Å². The lowest BCUT2D eigenvalue weighted by Crippen LogP contribution is -2.00. The summed E-state index contributed by atoms with van der Waals surface area (Å²) in [6.07, 6.45) is 3.93. The standard InChI is InChI=1S/C11H12N2O3/c1-12(2)6-5-10-4-3-9(8-14)7-11(10)13(15)16/h3-8H,1-2H3/b6-5+. The first-order valence-electron chi connectivity index (χ1n) is 4.63. The quantitative estimate of drug-likeness (QED) is 0.442. The molecule has 0 saturated carbocycles. The Hall–Kier alpha value is -2.17. The van der Waals surface area contributed by atoms with Crippen molar-refractivity contribution in [1.29, 1.82) is 0 Å². The van der Waals surface area contributed by atoms with Crippen LogP contribution in [0.5, 0.6) is 0 Å². The van der Waals surface area contributed by atoms with E-state index in [1.807, 2.05) is 14.1 Å². The van der Waals surface area contributed by atoms with Crippen LogP contribution in [-0.4, -0.2) is 30.2 Å². The lowest BCUT2D eigenvalue weighted by Gasteiger charge is -2.03. The third kappa shape index (κ3) is 2.91. The van der Waals surface area contributed by atoms with Crippen molar-refractivity contribution < 1.29 is 9.72 Å². The van der Waals surface area contributed by atoms with E-state index in [2.05, 4.69) is 0 Å². The Bertz CT molecular complexity index is 439. The van der Waals surface area contributed by atoms with Gasteiger partial charge in [0.25, 0.3) is 5.69 Å². The zero-order valence-corrected chi connectivity index (χ0v) is 9.08. The highest BCUT2D eigenvalue weighted by atomic mass is 16.6. The third-order valence-electron chi connectivity index (χ3n) is 1.94. The first-order chi connectivity index (χ1) is 7.54. The Morgan fingerprint density at radius 2 is 2.06 bits per heavy atom. The molecule has 0 saturated heterocycles. The molecule has 0 atom stereocenters. The molecule has 0 aliphatic carbocycles. The maximum atomic E-state index is 10.8. The lowest BCUT2D eigenvalue weighted by molar-refractivity contribution is -0.385. The fourth-order valence-corrected chi connectivity index (χ4v) is 1.16. The second-order valence-electron chi connectivity index (χ2n) is 3.47. The number of carbonyl (C=O) groups excluding carboxylic acids is 1. The van der Waals surface area contributed by atoms with Crippen LogP contribution in [0.4, 0.5) is 5.69 Å². The van der Waals surface area contributed by atoms with Gasteiger partial charge < -0.3 is 4.90 Å². The molecule has 0 heterocycles. The Labute approximate surface area is 93.1 Å². The van der Waals surface area contributed by atoms with Crippen molar-refractivity contribution in [1.82, 2.24) is 4.90 Å².